The predicted molar refractivity (Wildman–Crippen MR) is 199 cm³/mol. The van der Waals surface area contributed by atoms with E-state index in [0.29, 0.717) is 34.0 Å². The molecular weight excluding hydrogens is 822 g/mol. The van der Waals surface area contributed by atoms with Crippen molar-refractivity contribution in [1.29, 1.82) is 0 Å². The Morgan fingerprint density at radius 1 is 0.518 bits per heavy atom. The first-order chi connectivity index (χ1) is 26.8. The van der Waals surface area contributed by atoms with Crippen LogP contribution in [0, 0.1) is 30.3 Å². The number of rotatable bonds is 15. The molecule has 0 aliphatic rings. The number of para-hydroxylation sites is 3. The number of hydrogen-bond donors (Lipinski definition) is 3. The van der Waals surface area contributed by atoms with Gasteiger partial charge in [-0.1, -0.05) is 36.4 Å². The molecule has 56 heavy (non-hydrogen) atoms. The average Bonchev–Trinajstić information content (AvgIpc) is 3.94. The zero-order chi connectivity index (χ0) is 40.0. The zero-order valence-electron chi connectivity index (χ0n) is 27.3. The van der Waals surface area contributed by atoms with Gasteiger partial charge in [-0.15, -0.1) is 0 Å². The molecule has 284 valence electrons. The first-order valence-electron chi connectivity index (χ1n) is 15.0. The van der Waals surface area contributed by atoms with E-state index in [-0.39, 0.29) is 47.1 Å². The van der Waals surface area contributed by atoms with Crippen LogP contribution in [0.3, 0.4) is 0 Å². The van der Waals surface area contributed by atoms with Crippen molar-refractivity contribution in [2.45, 2.75) is 0 Å². The van der Waals surface area contributed by atoms with E-state index >= 15 is 0 Å². The minimum atomic E-state index is -5.21. The number of nitrogens with zero attached hydrogens (tertiary/aromatic N) is 6. The lowest BCUT2D eigenvalue weighted by molar-refractivity contribution is -0.380. The highest BCUT2D eigenvalue weighted by Gasteiger charge is 2.37. The van der Waals surface area contributed by atoms with E-state index in [1.165, 1.54) is 72.8 Å². The molecule has 0 saturated heterocycles. The maximum absolute atomic E-state index is 14.8. The standard InChI is InChI=1S/C30H18N9O13PS3/c40-25(34-28-31-13-22(54-28)37(43)44)16-7-1-4-10-19(16)50-53(49,51-20-11-5-2-8-17(20)26(41)35-29-32-14-23(55-29)38(45)46)52-21-12-6-3-9-18(21)27(42)36-30-33-15-24(56-30)39(47)48/h1-15H,(H,31,34,40)(H,32,35,41)(H,33,36,42). The van der Waals surface area contributed by atoms with Crippen LogP contribution in [0.25, 0.3) is 0 Å². The van der Waals surface area contributed by atoms with Gasteiger partial charge in [0, 0.05) is 0 Å². The number of benzene rings is 3. The van der Waals surface area contributed by atoms with Gasteiger partial charge < -0.3 is 13.6 Å². The van der Waals surface area contributed by atoms with Gasteiger partial charge >= 0.3 is 22.8 Å². The van der Waals surface area contributed by atoms with E-state index in [0.717, 1.165) is 18.6 Å². The number of aromatic nitrogens is 3. The molecule has 0 aliphatic heterocycles. The Morgan fingerprint density at radius 2 is 0.786 bits per heavy atom. The van der Waals surface area contributed by atoms with Crippen LogP contribution in [-0.2, 0) is 4.57 Å². The molecule has 0 spiro atoms. The summed E-state index contributed by atoms with van der Waals surface area (Å²) in [5.41, 5.74) is -0.860. The van der Waals surface area contributed by atoms with Gasteiger partial charge in [0.15, 0.2) is 15.4 Å². The molecule has 0 saturated carbocycles. The van der Waals surface area contributed by atoms with Crippen molar-refractivity contribution in [3.05, 3.63) is 138 Å². The molecule has 6 aromatic rings. The highest BCUT2D eigenvalue weighted by Crippen LogP contribution is 2.52. The summed E-state index contributed by atoms with van der Waals surface area (Å²) in [5, 5.41) is 39.0. The van der Waals surface area contributed by atoms with Crippen LogP contribution in [0.4, 0.5) is 30.4 Å². The van der Waals surface area contributed by atoms with Gasteiger partial charge in [-0.05, 0) is 70.4 Å². The third kappa shape index (κ3) is 9.11. The number of amides is 3. The smallest absolute Gasteiger partial charge is 0.385 e. The number of thiazole rings is 3. The van der Waals surface area contributed by atoms with Crippen LogP contribution in [0.2, 0.25) is 0 Å². The van der Waals surface area contributed by atoms with Crippen LogP contribution < -0.4 is 29.5 Å². The molecule has 0 atom stereocenters. The fourth-order valence-electron chi connectivity index (χ4n) is 4.34. The molecule has 3 heterocycles. The molecule has 3 aromatic carbocycles. The molecule has 0 fully saturated rings. The molecule has 0 radical (unpaired) electrons. The topological polar surface area (TPSA) is 300 Å². The number of hydrogen-bond acceptors (Lipinski definition) is 19. The fourth-order valence-corrected chi connectivity index (χ4v) is 7.53. The minimum Gasteiger partial charge on any atom is -0.385 e. The third-order valence-corrected chi connectivity index (χ3v) is 10.6. The number of anilines is 3. The fraction of sp³-hybridized carbons (Fsp3) is 0. The minimum absolute atomic E-state index is 0.150. The molecule has 6 rings (SSSR count). The molecule has 3 amide bonds. The molecule has 0 unspecified atom stereocenters. The van der Waals surface area contributed by atoms with E-state index in [4.69, 9.17) is 13.6 Å². The molecule has 26 heteroatoms. The van der Waals surface area contributed by atoms with E-state index in [2.05, 4.69) is 30.9 Å². The summed E-state index contributed by atoms with van der Waals surface area (Å²) in [6, 6.07) is 15.8. The largest absolute Gasteiger partial charge is 0.647 e. The average molecular weight is 840 g/mol. The van der Waals surface area contributed by atoms with Crippen molar-refractivity contribution >= 4 is 90.0 Å². The summed E-state index contributed by atoms with van der Waals surface area (Å²) >= 11 is 1.69. The molecule has 0 bridgehead atoms. The van der Waals surface area contributed by atoms with Crippen molar-refractivity contribution in [3.63, 3.8) is 0 Å². The summed E-state index contributed by atoms with van der Waals surface area (Å²) < 4.78 is 32.2. The zero-order valence-corrected chi connectivity index (χ0v) is 30.7. The molecule has 3 N–H and O–H groups in total. The van der Waals surface area contributed by atoms with E-state index in [9.17, 15) is 49.3 Å². The van der Waals surface area contributed by atoms with E-state index in [1.54, 1.807) is 0 Å². The van der Waals surface area contributed by atoms with Gasteiger partial charge in [0.25, 0.3) is 17.7 Å². The second-order valence-corrected chi connectivity index (χ2v) is 14.8. The Labute approximate surface area is 322 Å². The van der Waals surface area contributed by atoms with Crippen LogP contribution in [0.5, 0.6) is 17.2 Å². The van der Waals surface area contributed by atoms with Gasteiger partial charge in [0.2, 0.25) is 0 Å². The Balaban J connectivity index is 1.35. The lowest BCUT2D eigenvalue weighted by Gasteiger charge is -2.22. The lowest BCUT2D eigenvalue weighted by atomic mass is 10.2. The van der Waals surface area contributed by atoms with Crippen molar-refractivity contribution < 1.29 is 47.3 Å². The Kier molecular flexibility index (Phi) is 11.3. The number of phosphoric acid groups is 1. The van der Waals surface area contributed by atoms with E-state index < -0.39 is 57.6 Å². The Hall–Kier alpha value is -7.21. The highest BCUT2D eigenvalue weighted by atomic mass is 32.1. The Bertz CT molecular complexity index is 2300. The SMILES string of the molecule is O=C(Nc1ncc([N+](=O)[O-])s1)c1ccccc1OP(=O)(Oc1ccccc1C(=O)Nc1ncc([N+](=O)[O-])s1)Oc1ccccc1C(=O)Nc1ncc([N+](=O)[O-])s1. The molecule has 0 aliphatic carbocycles. The second kappa shape index (κ2) is 16.4. The van der Waals surface area contributed by atoms with E-state index in [1.807, 2.05) is 0 Å². The maximum Gasteiger partial charge on any atom is 0.647 e. The predicted octanol–water partition coefficient (Wildman–Crippen LogP) is 7.18. The van der Waals surface area contributed by atoms with Crippen LogP contribution in [-0.4, -0.2) is 47.4 Å². The molecular formula is C30H18N9O13PS3. The first kappa shape index (κ1) is 38.5. The normalized spacial score (nSPS) is 10.9. The summed E-state index contributed by atoms with van der Waals surface area (Å²) in [4.78, 5) is 82.8. The van der Waals surface area contributed by atoms with Crippen molar-refractivity contribution in [2.24, 2.45) is 0 Å². The van der Waals surface area contributed by atoms with Crippen LogP contribution in [0.1, 0.15) is 31.1 Å². The quantitative estimate of drug-likeness (QED) is 0.0523. The summed E-state index contributed by atoms with van der Waals surface area (Å²) in [7, 11) is -5.21. The number of carbonyl (C=O) groups excluding carboxylic acids is 3. The van der Waals surface area contributed by atoms with Crippen molar-refractivity contribution in [1.82, 2.24) is 15.0 Å². The first-order valence-corrected chi connectivity index (χ1v) is 18.9. The van der Waals surface area contributed by atoms with Crippen LogP contribution >= 0.6 is 41.8 Å². The van der Waals surface area contributed by atoms with Crippen LogP contribution in [0.15, 0.2) is 91.4 Å². The lowest BCUT2D eigenvalue weighted by Crippen LogP contribution is -2.18. The van der Waals surface area contributed by atoms with Gasteiger partial charge in [-0.3, -0.25) is 60.7 Å². The molecule has 3 aromatic heterocycles. The third-order valence-electron chi connectivity index (χ3n) is 6.71. The number of nitro groups is 3. The summed E-state index contributed by atoms with van der Waals surface area (Å²) in [6.07, 6.45) is 2.81. The second-order valence-electron chi connectivity index (χ2n) is 10.4. The maximum atomic E-state index is 14.8. The van der Waals surface area contributed by atoms with Crippen molar-refractivity contribution in [2.75, 3.05) is 16.0 Å². The molecule has 22 nitrogen and oxygen atoms in total. The van der Waals surface area contributed by atoms with Crippen molar-refractivity contribution in [3.8, 4) is 17.2 Å². The van der Waals surface area contributed by atoms with Gasteiger partial charge in [0.05, 0.1) is 31.5 Å². The van der Waals surface area contributed by atoms with Gasteiger partial charge in [-0.2, -0.15) is 4.57 Å². The summed E-state index contributed by atoms with van der Waals surface area (Å²) in [5.74, 6) is -4.00. The van der Waals surface area contributed by atoms with Gasteiger partial charge in [-0.25, -0.2) is 15.0 Å². The number of nitrogens with one attached hydrogen (secondary N) is 3. The van der Waals surface area contributed by atoms with Gasteiger partial charge in [0.1, 0.15) is 35.8 Å². The summed E-state index contributed by atoms with van der Waals surface area (Å²) in [6.45, 7) is 0. The number of carbonyl (C=O) groups is 3. The number of phosphoric ester groups is 1. The highest BCUT2D eigenvalue weighted by molar-refractivity contribution is 7.49. The Morgan fingerprint density at radius 3 is 1.04 bits per heavy atom. The monoisotopic (exact) mass is 839 g/mol.